The summed E-state index contributed by atoms with van der Waals surface area (Å²) in [4.78, 5) is 43.0. The van der Waals surface area contributed by atoms with Crippen LogP contribution in [0, 0.1) is 0 Å². The van der Waals surface area contributed by atoms with Gasteiger partial charge in [-0.3, -0.25) is 14.1 Å². The highest BCUT2D eigenvalue weighted by atomic mass is 31.2. The van der Waals surface area contributed by atoms with Gasteiger partial charge >= 0.3 is 19.8 Å². The predicted octanol–water partition coefficient (Wildman–Crippen LogP) is 15.1. The molecule has 0 fully saturated rings. The number of phosphoric ester groups is 1. The molecule has 0 bridgehead atoms. The molecule has 0 aromatic carbocycles. The maximum atomic E-state index is 12.5. The smallest absolute Gasteiger partial charge is 0.462 e. The van der Waals surface area contributed by atoms with Crippen LogP contribution >= 0.6 is 7.82 Å². The Hall–Kier alpha value is -1.47. The lowest BCUT2D eigenvalue weighted by Gasteiger charge is -2.18. The summed E-state index contributed by atoms with van der Waals surface area (Å²) in [5.41, 5.74) is 0. The Morgan fingerprint density at radius 1 is 0.456 bits per heavy atom. The molecule has 0 aromatic rings. The number of unbranched alkanes of at least 4 members (excludes halogenated alkanes) is 31. The molecule has 0 saturated carbocycles. The Kier molecular flexibility index (Phi) is 43.0. The van der Waals surface area contributed by atoms with Crippen LogP contribution in [0.4, 0.5) is 0 Å². The highest BCUT2D eigenvalue weighted by molar-refractivity contribution is 7.46. The minimum absolute atomic E-state index is 0.210. The summed E-state index contributed by atoms with van der Waals surface area (Å²) in [7, 11) is -4.76. The molecule has 0 aromatic heterocycles. The number of esters is 2. The van der Waals surface area contributed by atoms with Gasteiger partial charge in [-0.15, -0.1) is 0 Å². The first-order chi connectivity index (χ1) is 27.8. The normalized spacial score (nSPS) is 12.6. The van der Waals surface area contributed by atoms with E-state index in [2.05, 4.69) is 42.7 Å². The van der Waals surface area contributed by atoms with Crippen molar-refractivity contribution in [1.82, 2.24) is 0 Å². The van der Waals surface area contributed by atoms with Crippen LogP contribution in [-0.4, -0.2) is 41.0 Å². The molecule has 1 atom stereocenters. The van der Waals surface area contributed by atoms with Crippen LogP contribution < -0.4 is 0 Å². The second-order valence-corrected chi connectivity index (χ2v) is 17.7. The van der Waals surface area contributed by atoms with Crippen LogP contribution in [0.5, 0.6) is 0 Å². The molecule has 0 aliphatic rings. The highest BCUT2D eigenvalue weighted by Gasteiger charge is 2.23. The van der Waals surface area contributed by atoms with Crippen molar-refractivity contribution in [1.29, 1.82) is 0 Å². The third kappa shape index (κ3) is 47.1. The number of hydrogen-bond acceptors (Lipinski definition) is 6. The number of ether oxygens (including phenoxy) is 2. The van der Waals surface area contributed by atoms with Crippen molar-refractivity contribution in [2.75, 3.05) is 13.2 Å². The minimum atomic E-state index is -4.76. The van der Waals surface area contributed by atoms with Crippen LogP contribution in [0.3, 0.4) is 0 Å². The molecular formula is C48H91O8P. The van der Waals surface area contributed by atoms with E-state index in [-0.39, 0.29) is 19.4 Å². The molecule has 9 heteroatoms. The van der Waals surface area contributed by atoms with Gasteiger partial charge in [0.15, 0.2) is 6.10 Å². The summed E-state index contributed by atoms with van der Waals surface area (Å²) >= 11 is 0. The van der Waals surface area contributed by atoms with E-state index in [9.17, 15) is 14.2 Å². The Labute approximate surface area is 351 Å². The molecular weight excluding hydrogens is 735 g/mol. The second kappa shape index (κ2) is 44.1. The highest BCUT2D eigenvalue weighted by Crippen LogP contribution is 2.36. The molecule has 0 heterocycles. The molecule has 336 valence electrons. The van der Waals surface area contributed by atoms with Gasteiger partial charge in [0.2, 0.25) is 0 Å². The van der Waals surface area contributed by atoms with Crippen molar-refractivity contribution >= 4 is 19.8 Å². The molecule has 0 spiro atoms. The summed E-state index contributed by atoms with van der Waals surface area (Å²) in [6, 6.07) is 0. The van der Waals surface area contributed by atoms with Gasteiger partial charge in [0.25, 0.3) is 0 Å². The van der Waals surface area contributed by atoms with Crippen molar-refractivity contribution in [2.45, 2.75) is 258 Å². The van der Waals surface area contributed by atoms with Gasteiger partial charge in [-0.05, 0) is 44.9 Å². The van der Waals surface area contributed by atoms with Gasteiger partial charge in [-0.25, -0.2) is 4.57 Å². The Balaban J connectivity index is 3.82. The zero-order valence-corrected chi connectivity index (χ0v) is 38.1. The molecule has 0 radical (unpaired) electrons. The summed E-state index contributed by atoms with van der Waals surface area (Å²) in [6.07, 6.45) is 51.9. The van der Waals surface area contributed by atoms with Gasteiger partial charge in [-0.1, -0.05) is 218 Å². The van der Waals surface area contributed by atoms with E-state index in [0.717, 1.165) is 51.4 Å². The second-order valence-electron chi connectivity index (χ2n) is 16.4. The topological polar surface area (TPSA) is 119 Å². The predicted molar refractivity (Wildman–Crippen MR) is 239 cm³/mol. The van der Waals surface area contributed by atoms with Crippen LogP contribution in [0.25, 0.3) is 0 Å². The van der Waals surface area contributed by atoms with E-state index in [1.165, 1.54) is 167 Å². The van der Waals surface area contributed by atoms with E-state index in [1.807, 2.05) is 0 Å². The number of hydrogen-bond donors (Lipinski definition) is 2. The van der Waals surface area contributed by atoms with Crippen molar-refractivity contribution in [3.8, 4) is 0 Å². The van der Waals surface area contributed by atoms with Crippen molar-refractivity contribution in [3.63, 3.8) is 0 Å². The maximum Gasteiger partial charge on any atom is 0.469 e. The number of carbonyl (C=O) groups is 2. The zero-order valence-electron chi connectivity index (χ0n) is 37.3. The van der Waals surface area contributed by atoms with Gasteiger partial charge in [0.1, 0.15) is 6.61 Å². The van der Waals surface area contributed by atoms with Gasteiger partial charge < -0.3 is 19.3 Å². The lowest BCUT2D eigenvalue weighted by Crippen LogP contribution is -2.29. The maximum absolute atomic E-state index is 12.5. The lowest BCUT2D eigenvalue weighted by atomic mass is 10.0. The summed E-state index contributed by atoms with van der Waals surface area (Å²) < 4.78 is 26.5. The molecule has 57 heavy (non-hydrogen) atoms. The average Bonchev–Trinajstić information content (AvgIpc) is 3.18. The first kappa shape index (κ1) is 55.5. The van der Waals surface area contributed by atoms with Crippen LogP contribution in [0.2, 0.25) is 0 Å². The van der Waals surface area contributed by atoms with Crippen LogP contribution in [0.15, 0.2) is 24.3 Å². The van der Waals surface area contributed by atoms with E-state index < -0.39 is 32.5 Å². The van der Waals surface area contributed by atoms with Crippen LogP contribution in [-0.2, 0) is 28.2 Å². The van der Waals surface area contributed by atoms with Gasteiger partial charge in [0.05, 0.1) is 6.61 Å². The molecule has 0 rings (SSSR count). The quantitative estimate of drug-likeness (QED) is 0.0270. The molecule has 0 amide bonds. The largest absolute Gasteiger partial charge is 0.469 e. The Morgan fingerprint density at radius 3 is 1.19 bits per heavy atom. The molecule has 0 aliphatic heterocycles. The minimum Gasteiger partial charge on any atom is -0.462 e. The molecule has 2 N–H and O–H groups in total. The average molecular weight is 827 g/mol. The van der Waals surface area contributed by atoms with Crippen LogP contribution in [0.1, 0.15) is 251 Å². The standard InChI is InChI=1S/C48H91O8P/c1-3-5-7-9-11-13-15-17-19-21-23-25-26-28-30-32-34-36-38-40-42-47(49)54-44-46(45-55-57(51,52)53)56-48(50)43-41-39-37-35-33-31-29-27-24-22-20-18-16-14-12-10-8-6-4-2/h12,14,18,20,46H,3-11,13,15-17,19,21-45H2,1-2H3,(H2,51,52,53)/b14-12+,20-18+/t46-/m1/s1. The van der Waals surface area contributed by atoms with Gasteiger partial charge in [-0.2, -0.15) is 0 Å². The summed E-state index contributed by atoms with van der Waals surface area (Å²) in [5.74, 6) is -0.876. The first-order valence-electron chi connectivity index (χ1n) is 24.1. The zero-order chi connectivity index (χ0) is 41.8. The fourth-order valence-corrected chi connectivity index (χ4v) is 7.47. The summed E-state index contributed by atoms with van der Waals surface area (Å²) in [5, 5.41) is 0. The molecule has 0 saturated heterocycles. The van der Waals surface area contributed by atoms with Crippen molar-refractivity contribution in [3.05, 3.63) is 24.3 Å². The summed E-state index contributed by atoms with van der Waals surface area (Å²) in [6.45, 7) is 3.70. The fraction of sp³-hybridized carbons (Fsp3) is 0.875. The fourth-order valence-electron chi connectivity index (χ4n) is 7.11. The van der Waals surface area contributed by atoms with E-state index >= 15 is 0 Å². The van der Waals surface area contributed by atoms with Crippen molar-refractivity contribution in [2.24, 2.45) is 0 Å². The van der Waals surface area contributed by atoms with Gasteiger partial charge in [0, 0.05) is 12.8 Å². The third-order valence-electron chi connectivity index (χ3n) is 10.7. The lowest BCUT2D eigenvalue weighted by molar-refractivity contribution is -0.161. The molecule has 8 nitrogen and oxygen atoms in total. The number of allylic oxidation sites excluding steroid dienone is 4. The third-order valence-corrected chi connectivity index (χ3v) is 11.2. The van der Waals surface area contributed by atoms with E-state index in [4.69, 9.17) is 19.3 Å². The Bertz CT molecular complexity index is 977. The first-order valence-corrected chi connectivity index (χ1v) is 25.7. The van der Waals surface area contributed by atoms with E-state index in [1.54, 1.807) is 0 Å². The molecule has 0 unspecified atom stereocenters. The van der Waals surface area contributed by atoms with Crippen molar-refractivity contribution < 1.29 is 37.9 Å². The number of carbonyl (C=O) groups excluding carboxylic acids is 2. The molecule has 0 aliphatic carbocycles. The van der Waals surface area contributed by atoms with E-state index in [0.29, 0.717) is 6.42 Å². The number of rotatable bonds is 45. The SMILES string of the molecule is CCCCC/C=C/C/C=C/CCCCCCCCCCCC(=O)O[C@H](COC(=O)CCCCCCCCCCCCCCCCCCCCCC)COP(=O)(O)O. The monoisotopic (exact) mass is 827 g/mol. The number of phosphoric acid groups is 1. The Morgan fingerprint density at radius 2 is 0.789 bits per heavy atom.